The van der Waals surface area contributed by atoms with Gasteiger partial charge >= 0.3 is 11.9 Å². The number of carbonyl (C=O) groups excluding carboxylic acids is 2. The summed E-state index contributed by atoms with van der Waals surface area (Å²) in [4.78, 5) is 30.3. The van der Waals surface area contributed by atoms with E-state index in [9.17, 15) is 9.59 Å². The fourth-order valence-corrected chi connectivity index (χ4v) is 4.38. The summed E-state index contributed by atoms with van der Waals surface area (Å²) in [5.74, 6) is -1.10. The number of esters is 2. The van der Waals surface area contributed by atoms with Gasteiger partial charge in [0.15, 0.2) is 0 Å². The average molecular weight is 432 g/mol. The van der Waals surface area contributed by atoms with E-state index in [0.717, 1.165) is 30.6 Å². The van der Waals surface area contributed by atoms with Crippen LogP contribution in [0.1, 0.15) is 72.5 Å². The lowest BCUT2D eigenvalue weighted by Crippen LogP contribution is -2.68. The zero-order valence-corrected chi connectivity index (χ0v) is 19.9. The molecule has 1 aliphatic heterocycles. The molecule has 172 valence electrons. The lowest BCUT2D eigenvalue weighted by atomic mass is 9.69. The van der Waals surface area contributed by atoms with Crippen molar-refractivity contribution in [3.05, 3.63) is 48.0 Å². The van der Waals surface area contributed by atoms with Crippen molar-refractivity contribution in [2.75, 3.05) is 7.11 Å². The van der Waals surface area contributed by atoms with Crippen LogP contribution in [0.25, 0.3) is 0 Å². The van der Waals surface area contributed by atoms with Crippen LogP contribution in [0.2, 0.25) is 0 Å². The highest BCUT2D eigenvalue weighted by Crippen LogP contribution is 2.48. The molecule has 0 bridgehead atoms. The highest BCUT2D eigenvalue weighted by Gasteiger charge is 2.55. The largest absolute Gasteiger partial charge is 0.466 e. The molecule has 0 aliphatic carbocycles. The molecular formula is C25H37NO5. The van der Waals surface area contributed by atoms with Crippen molar-refractivity contribution in [1.82, 2.24) is 5.06 Å². The van der Waals surface area contributed by atoms with Crippen LogP contribution < -0.4 is 0 Å². The molecule has 6 nitrogen and oxygen atoms in total. The monoisotopic (exact) mass is 431 g/mol. The summed E-state index contributed by atoms with van der Waals surface area (Å²) >= 11 is 0. The molecule has 2 rings (SSSR count). The van der Waals surface area contributed by atoms with Gasteiger partial charge in [0.05, 0.1) is 7.11 Å². The maximum Gasteiger partial charge on any atom is 0.331 e. The van der Waals surface area contributed by atoms with Crippen molar-refractivity contribution in [3.8, 4) is 0 Å². The number of rotatable bonds is 8. The van der Waals surface area contributed by atoms with Gasteiger partial charge in [-0.05, 0) is 39.2 Å². The molecule has 1 aromatic carbocycles. The Morgan fingerprint density at radius 3 is 2.29 bits per heavy atom. The van der Waals surface area contributed by atoms with Gasteiger partial charge < -0.3 is 9.47 Å². The van der Waals surface area contributed by atoms with Crippen molar-refractivity contribution in [3.63, 3.8) is 0 Å². The summed E-state index contributed by atoms with van der Waals surface area (Å²) in [6.45, 7) is 12.8. The lowest BCUT2D eigenvalue weighted by molar-refractivity contribution is -0.336. The van der Waals surface area contributed by atoms with Crippen molar-refractivity contribution >= 4 is 11.9 Å². The van der Waals surface area contributed by atoms with E-state index in [4.69, 9.17) is 9.57 Å². The predicted molar refractivity (Wildman–Crippen MR) is 120 cm³/mol. The van der Waals surface area contributed by atoms with Gasteiger partial charge in [-0.15, -0.1) is 0 Å². The van der Waals surface area contributed by atoms with E-state index in [1.807, 2.05) is 18.2 Å². The van der Waals surface area contributed by atoms with E-state index in [-0.39, 0.29) is 29.2 Å². The van der Waals surface area contributed by atoms with E-state index in [2.05, 4.69) is 63.5 Å². The minimum Gasteiger partial charge on any atom is -0.466 e. The van der Waals surface area contributed by atoms with Crippen LogP contribution in [-0.2, 0) is 23.9 Å². The van der Waals surface area contributed by atoms with Gasteiger partial charge in [-0.25, -0.2) is 9.59 Å². The van der Waals surface area contributed by atoms with Crippen molar-refractivity contribution in [2.45, 2.75) is 84.1 Å². The quantitative estimate of drug-likeness (QED) is 0.426. The fraction of sp³-hybridized carbons (Fsp3) is 0.600. The number of carbonyl (C=O) groups is 2. The fourth-order valence-electron chi connectivity index (χ4n) is 4.38. The molecule has 1 aromatic rings. The van der Waals surface area contributed by atoms with E-state index in [1.165, 1.54) is 7.11 Å². The Hall–Kier alpha value is -2.18. The van der Waals surface area contributed by atoms with Crippen molar-refractivity contribution in [1.29, 1.82) is 0 Å². The first-order valence-electron chi connectivity index (χ1n) is 11.1. The molecule has 0 N–H and O–H groups in total. The van der Waals surface area contributed by atoms with Gasteiger partial charge in [-0.2, -0.15) is 5.06 Å². The second-order valence-corrected chi connectivity index (χ2v) is 8.84. The first-order chi connectivity index (χ1) is 14.6. The molecule has 0 radical (unpaired) electrons. The molecule has 1 saturated heterocycles. The smallest absolute Gasteiger partial charge is 0.331 e. The summed E-state index contributed by atoms with van der Waals surface area (Å²) < 4.78 is 10.4. The molecule has 0 spiro atoms. The zero-order valence-electron chi connectivity index (χ0n) is 19.9. The molecule has 1 fully saturated rings. The topological polar surface area (TPSA) is 65.1 Å². The summed E-state index contributed by atoms with van der Waals surface area (Å²) in [6, 6.07) is 10.2. The van der Waals surface area contributed by atoms with Gasteiger partial charge in [0.2, 0.25) is 0 Å². The van der Waals surface area contributed by atoms with E-state index in [1.54, 1.807) is 0 Å². The number of ether oxygens (including phenoxy) is 2. The van der Waals surface area contributed by atoms with Crippen molar-refractivity contribution < 1.29 is 23.9 Å². The van der Waals surface area contributed by atoms with Gasteiger partial charge in [-0.3, -0.25) is 4.84 Å². The Morgan fingerprint density at radius 2 is 1.74 bits per heavy atom. The molecule has 6 heteroatoms. The molecule has 31 heavy (non-hydrogen) atoms. The molecule has 1 aliphatic rings. The second-order valence-electron chi connectivity index (χ2n) is 8.84. The standard InChI is InChI=1S/C25H37NO5/c1-8-24(5)17-21(30-23(28)16-15-22(27)29-7)18(3)25(6,9-2)26(24)31-19(4)20-13-11-10-12-14-20/h10-16,18-19,21H,8-9,17H2,1-7H3. The lowest BCUT2D eigenvalue weighted by Gasteiger charge is -2.59. The molecule has 0 aromatic heterocycles. The normalized spacial score (nSPS) is 30.2. The summed E-state index contributed by atoms with van der Waals surface area (Å²) in [6.07, 6.45) is 4.12. The Morgan fingerprint density at radius 1 is 1.13 bits per heavy atom. The van der Waals surface area contributed by atoms with Crippen molar-refractivity contribution in [2.24, 2.45) is 5.92 Å². The van der Waals surface area contributed by atoms with E-state index in [0.29, 0.717) is 6.42 Å². The van der Waals surface area contributed by atoms with Gasteiger partial charge in [-0.1, -0.05) is 51.1 Å². The van der Waals surface area contributed by atoms with Crippen LogP contribution >= 0.6 is 0 Å². The summed E-state index contributed by atoms with van der Waals surface area (Å²) in [5.41, 5.74) is 0.453. The van der Waals surface area contributed by atoms with Crippen LogP contribution in [0.4, 0.5) is 0 Å². The van der Waals surface area contributed by atoms with Gasteiger partial charge in [0.1, 0.15) is 12.2 Å². The molecule has 1 heterocycles. The van der Waals surface area contributed by atoms with E-state index >= 15 is 0 Å². The number of nitrogens with zero attached hydrogens (tertiary/aromatic N) is 1. The SMILES string of the molecule is CCC1(C)CC(OC(=O)C=CC(=O)OC)C(C)C(C)(CC)N1OC(C)c1ccccc1. The Bertz CT molecular complexity index is 779. The zero-order chi connectivity index (χ0) is 23.2. The third-order valence-corrected chi connectivity index (χ3v) is 6.97. The number of hydrogen-bond acceptors (Lipinski definition) is 6. The van der Waals surface area contributed by atoms with Crippen LogP contribution in [0.3, 0.4) is 0 Å². The Balaban J connectivity index is 2.28. The number of benzene rings is 1. The Labute approximate surface area is 186 Å². The van der Waals surface area contributed by atoms with Crippen LogP contribution in [-0.4, -0.2) is 41.3 Å². The highest BCUT2D eigenvalue weighted by molar-refractivity contribution is 5.91. The van der Waals surface area contributed by atoms with Crippen LogP contribution in [0.5, 0.6) is 0 Å². The minimum absolute atomic E-state index is 0.0237. The van der Waals surface area contributed by atoms with Crippen LogP contribution in [0.15, 0.2) is 42.5 Å². The number of hydroxylamine groups is 2. The number of piperidine rings is 1. The Kier molecular flexibility index (Phi) is 8.43. The molecule has 0 amide bonds. The average Bonchev–Trinajstić information content (AvgIpc) is 2.78. The third kappa shape index (κ3) is 5.55. The maximum absolute atomic E-state index is 12.4. The number of methoxy groups -OCH3 is 1. The molecular weight excluding hydrogens is 394 g/mol. The first kappa shape index (κ1) is 25.1. The molecule has 5 unspecified atom stereocenters. The van der Waals surface area contributed by atoms with E-state index < -0.39 is 11.9 Å². The number of hydrogen-bond donors (Lipinski definition) is 0. The first-order valence-corrected chi connectivity index (χ1v) is 11.1. The predicted octanol–water partition coefficient (Wildman–Crippen LogP) is 5.00. The van der Waals surface area contributed by atoms with Gasteiger partial charge in [0.25, 0.3) is 0 Å². The van der Waals surface area contributed by atoms with Gasteiger partial charge in [0, 0.05) is 35.6 Å². The highest BCUT2D eigenvalue weighted by atomic mass is 16.7. The molecule has 5 atom stereocenters. The second kappa shape index (κ2) is 10.4. The summed E-state index contributed by atoms with van der Waals surface area (Å²) in [7, 11) is 1.27. The maximum atomic E-state index is 12.4. The minimum atomic E-state index is -0.583. The molecule has 0 saturated carbocycles. The summed E-state index contributed by atoms with van der Waals surface area (Å²) in [5, 5.41) is 2.16. The third-order valence-electron chi connectivity index (χ3n) is 6.97. The van der Waals surface area contributed by atoms with Crippen LogP contribution in [0, 0.1) is 5.92 Å².